The van der Waals surface area contributed by atoms with Crippen molar-refractivity contribution in [3.8, 4) is 0 Å². The summed E-state index contributed by atoms with van der Waals surface area (Å²) in [5, 5.41) is 8.23. The number of nitrogens with one attached hydrogen (secondary N) is 1. The molecule has 2 rings (SSSR count). The second-order valence-electron chi connectivity index (χ2n) is 3.63. The number of halogens is 1. The van der Waals surface area contributed by atoms with Gasteiger partial charge < -0.3 is 5.32 Å². The van der Waals surface area contributed by atoms with Crippen molar-refractivity contribution < 1.29 is 8.42 Å². The number of hydrogen-bond acceptors (Lipinski definition) is 4. The first kappa shape index (κ1) is 13.5. The van der Waals surface area contributed by atoms with Gasteiger partial charge in [0.05, 0.1) is 8.68 Å². The van der Waals surface area contributed by atoms with Crippen LogP contribution in [0.2, 0.25) is 0 Å². The summed E-state index contributed by atoms with van der Waals surface area (Å²) >= 11 is 5.05. The van der Waals surface area contributed by atoms with Crippen LogP contribution in [0.3, 0.4) is 0 Å². The molecule has 0 aliphatic heterocycles. The van der Waals surface area contributed by atoms with Crippen molar-refractivity contribution in [1.29, 1.82) is 0 Å². The van der Waals surface area contributed by atoms with Crippen LogP contribution in [0, 0.1) is 0 Å². The number of rotatable bonds is 4. The van der Waals surface area contributed by atoms with Crippen LogP contribution in [0.15, 0.2) is 45.1 Å². The standard InChI is InChI=1S/C11H11BrN2O2S2/c12-11-6-3-9(17-11)7-14-8-1-4-10(5-2-8)18(13,15)16/h1-6,14H,7H2,(H2,13,15,16). The molecule has 0 spiro atoms. The number of anilines is 1. The summed E-state index contributed by atoms with van der Waals surface area (Å²) in [6, 6.07) is 10.4. The van der Waals surface area contributed by atoms with Crippen LogP contribution in [-0.2, 0) is 16.6 Å². The van der Waals surface area contributed by atoms with Gasteiger partial charge in [-0.2, -0.15) is 0 Å². The van der Waals surface area contributed by atoms with E-state index < -0.39 is 10.0 Å². The van der Waals surface area contributed by atoms with E-state index in [1.807, 2.05) is 12.1 Å². The normalized spacial score (nSPS) is 11.4. The second kappa shape index (κ2) is 5.40. The van der Waals surface area contributed by atoms with Crippen molar-refractivity contribution in [2.75, 3.05) is 5.32 Å². The quantitative estimate of drug-likeness (QED) is 0.893. The lowest BCUT2D eigenvalue weighted by Crippen LogP contribution is -2.11. The molecule has 0 aliphatic rings. The Morgan fingerprint density at radius 3 is 2.33 bits per heavy atom. The van der Waals surface area contributed by atoms with Crippen molar-refractivity contribution in [3.05, 3.63) is 45.1 Å². The molecule has 0 bridgehead atoms. The fraction of sp³-hybridized carbons (Fsp3) is 0.0909. The minimum atomic E-state index is -3.62. The SMILES string of the molecule is NS(=O)(=O)c1ccc(NCc2ccc(Br)s2)cc1. The first-order valence-electron chi connectivity index (χ1n) is 5.06. The van der Waals surface area contributed by atoms with Crippen LogP contribution in [-0.4, -0.2) is 8.42 Å². The molecule has 2 aromatic rings. The average molecular weight is 347 g/mol. The van der Waals surface area contributed by atoms with Crippen molar-refractivity contribution in [1.82, 2.24) is 0 Å². The maximum Gasteiger partial charge on any atom is 0.238 e. The Morgan fingerprint density at radius 1 is 1.17 bits per heavy atom. The Morgan fingerprint density at radius 2 is 1.83 bits per heavy atom. The van der Waals surface area contributed by atoms with Crippen LogP contribution >= 0.6 is 27.3 Å². The highest BCUT2D eigenvalue weighted by molar-refractivity contribution is 9.11. The van der Waals surface area contributed by atoms with Gasteiger partial charge in [0, 0.05) is 17.1 Å². The Kier molecular flexibility index (Phi) is 4.06. The van der Waals surface area contributed by atoms with Gasteiger partial charge in [-0.1, -0.05) is 0 Å². The Hall–Kier alpha value is -0.890. The van der Waals surface area contributed by atoms with E-state index in [0.717, 1.165) is 9.47 Å². The topological polar surface area (TPSA) is 72.2 Å². The van der Waals surface area contributed by atoms with Gasteiger partial charge in [-0.25, -0.2) is 13.6 Å². The number of hydrogen-bond donors (Lipinski definition) is 2. The van der Waals surface area contributed by atoms with E-state index in [2.05, 4.69) is 21.2 Å². The average Bonchev–Trinajstić information content (AvgIpc) is 2.72. The predicted molar refractivity (Wildman–Crippen MR) is 77.2 cm³/mol. The zero-order chi connectivity index (χ0) is 13.2. The molecule has 1 heterocycles. The molecule has 1 aromatic carbocycles. The third-order valence-corrected chi connectivity index (χ3v) is 4.83. The maximum absolute atomic E-state index is 11.1. The molecule has 96 valence electrons. The molecule has 3 N–H and O–H groups in total. The summed E-state index contributed by atoms with van der Waals surface area (Å²) in [4.78, 5) is 1.31. The molecule has 0 saturated carbocycles. The van der Waals surface area contributed by atoms with Gasteiger partial charge in [0.25, 0.3) is 0 Å². The molecule has 1 aromatic heterocycles. The smallest absolute Gasteiger partial charge is 0.238 e. The predicted octanol–water partition coefficient (Wildman–Crippen LogP) is 2.77. The van der Waals surface area contributed by atoms with Crippen molar-refractivity contribution in [2.24, 2.45) is 5.14 Å². The van der Waals surface area contributed by atoms with Crippen LogP contribution in [0.25, 0.3) is 0 Å². The monoisotopic (exact) mass is 346 g/mol. The van der Waals surface area contributed by atoms with Crippen LogP contribution in [0.4, 0.5) is 5.69 Å². The van der Waals surface area contributed by atoms with E-state index in [9.17, 15) is 8.42 Å². The molecule has 0 saturated heterocycles. The van der Waals surface area contributed by atoms with E-state index in [-0.39, 0.29) is 4.90 Å². The third kappa shape index (κ3) is 3.55. The van der Waals surface area contributed by atoms with Gasteiger partial charge in [0.15, 0.2) is 0 Å². The number of nitrogens with two attached hydrogens (primary N) is 1. The Labute approximate surface area is 118 Å². The molecule has 0 aliphatic carbocycles. The molecular weight excluding hydrogens is 336 g/mol. The molecule has 0 atom stereocenters. The highest BCUT2D eigenvalue weighted by atomic mass is 79.9. The summed E-state index contributed by atoms with van der Waals surface area (Å²) in [5.41, 5.74) is 0.854. The number of benzene rings is 1. The van der Waals surface area contributed by atoms with E-state index in [1.165, 1.54) is 17.0 Å². The lowest BCUT2D eigenvalue weighted by atomic mass is 10.3. The van der Waals surface area contributed by atoms with Crippen molar-refractivity contribution in [2.45, 2.75) is 11.4 Å². The number of sulfonamides is 1. The van der Waals surface area contributed by atoms with E-state index in [1.54, 1.807) is 23.5 Å². The van der Waals surface area contributed by atoms with Crippen LogP contribution in [0.5, 0.6) is 0 Å². The summed E-state index contributed by atoms with van der Waals surface area (Å²) in [6.45, 7) is 0.699. The second-order valence-corrected chi connectivity index (χ2v) is 7.74. The number of primary sulfonamides is 1. The van der Waals surface area contributed by atoms with Gasteiger partial charge in [0.2, 0.25) is 10.0 Å². The minimum Gasteiger partial charge on any atom is -0.380 e. The van der Waals surface area contributed by atoms with Gasteiger partial charge >= 0.3 is 0 Å². The molecule has 18 heavy (non-hydrogen) atoms. The Bertz CT molecular complexity index is 635. The molecule has 7 heteroatoms. The molecule has 0 radical (unpaired) electrons. The van der Waals surface area contributed by atoms with Crippen LogP contribution < -0.4 is 10.5 Å². The minimum absolute atomic E-state index is 0.118. The zero-order valence-electron chi connectivity index (χ0n) is 9.26. The molecule has 0 unspecified atom stereocenters. The highest BCUT2D eigenvalue weighted by Gasteiger charge is 2.06. The Balaban J connectivity index is 2.03. The van der Waals surface area contributed by atoms with Gasteiger partial charge in [-0.15, -0.1) is 11.3 Å². The fourth-order valence-corrected chi connectivity index (χ4v) is 3.34. The molecular formula is C11H11BrN2O2S2. The first-order chi connectivity index (χ1) is 8.45. The summed E-state index contributed by atoms with van der Waals surface area (Å²) < 4.78 is 23.2. The van der Waals surface area contributed by atoms with E-state index >= 15 is 0 Å². The highest BCUT2D eigenvalue weighted by Crippen LogP contribution is 2.23. The summed E-state index contributed by atoms with van der Waals surface area (Å²) in [5.74, 6) is 0. The summed E-state index contributed by atoms with van der Waals surface area (Å²) in [6.07, 6.45) is 0. The lowest BCUT2D eigenvalue weighted by molar-refractivity contribution is 0.598. The van der Waals surface area contributed by atoms with Crippen molar-refractivity contribution in [3.63, 3.8) is 0 Å². The van der Waals surface area contributed by atoms with E-state index in [4.69, 9.17) is 5.14 Å². The zero-order valence-corrected chi connectivity index (χ0v) is 12.5. The van der Waals surface area contributed by atoms with Crippen LogP contribution in [0.1, 0.15) is 4.88 Å². The number of thiophene rings is 1. The third-order valence-electron chi connectivity index (χ3n) is 2.28. The lowest BCUT2D eigenvalue weighted by Gasteiger charge is -2.05. The summed E-state index contributed by atoms with van der Waals surface area (Å²) in [7, 11) is -3.62. The molecule has 0 fully saturated rings. The van der Waals surface area contributed by atoms with Gasteiger partial charge in [0.1, 0.15) is 0 Å². The molecule has 4 nitrogen and oxygen atoms in total. The van der Waals surface area contributed by atoms with Gasteiger partial charge in [-0.05, 0) is 52.3 Å². The van der Waals surface area contributed by atoms with Crippen molar-refractivity contribution >= 4 is 43.0 Å². The largest absolute Gasteiger partial charge is 0.380 e. The van der Waals surface area contributed by atoms with Gasteiger partial charge in [-0.3, -0.25) is 0 Å². The maximum atomic E-state index is 11.1. The van der Waals surface area contributed by atoms with E-state index in [0.29, 0.717) is 6.54 Å². The molecule has 0 amide bonds. The fourth-order valence-electron chi connectivity index (χ4n) is 1.40. The first-order valence-corrected chi connectivity index (χ1v) is 8.22.